The van der Waals surface area contributed by atoms with E-state index >= 15 is 0 Å². The maximum absolute atomic E-state index is 13.4. The number of aromatic amines is 1. The lowest BCUT2D eigenvalue weighted by Crippen LogP contribution is -2.25. The Balaban J connectivity index is 0.000000804. The average molecular weight is 614 g/mol. The predicted molar refractivity (Wildman–Crippen MR) is 190 cm³/mol. The van der Waals surface area contributed by atoms with Gasteiger partial charge in [-0.1, -0.05) is 70.5 Å². The Bertz CT molecular complexity index is 1540. The van der Waals surface area contributed by atoms with Gasteiger partial charge in [0.1, 0.15) is 18.2 Å². The van der Waals surface area contributed by atoms with Crippen LogP contribution in [0.3, 0.4) is 0 Å². The molecule has 5 rings (SSSR count). The van der Waals surface area contributed by atoms with E-state index < -0.39 is 0 Å². The van der Waals surface area contributed by atoms with E-state index in [9.17, 15) is 4.39 Å². The molecular weight excluding hydrogens is 561 g/mol. The summed E-state index contributed by atoms with van der Waals surface area (Å²) in [6.07, 6.45) is 5.57. The number of hydrogen-bond acceptors (Lipinski definition) is 5. The fourth-order valence-corrected chi connectivity index (χ4v) is 4.75. The van der Waals surface area contributed by atoms with Crippen molar-refractivity contribution in [2.75, 3.05) is 25.0 Å². The standard InChI is InChI=1S/C30H32FN5O.C3H8.C3H6.C2H6/c1-5-32-30-34-27-16-23(17-33-29(27)35-30)22-8-11-28-24(15-22)18-36(12-13-37-28)20(4)26(19(2)3)14-21-6-9-25(31)10-7-21;2*1-3-2;1-2/h6-11,15-17H,2,5,12-14,18H2,1,3-4H3,(H2,32,33,34,35);3H2,1-2H3;3H,1H2,2H3;1-2H3/b26-20+;;;. The van der Waals surface area contributed by atoms with Crippen LogP contribution in [0.1, 0.15) is 72.9 Å². The van der Waals surface area contributed by atoms with Crippen LogP contribution in [0.15, 0.2) is 90.8 Å². The monoisotopic (exact) mass is 613 g/mol. The van der Waals surface area contributed by atoms with E-state index in [4.69, 9.17) is 4.74 Å². The fraction of sp³-hybridized carbons (Fsp3) is 0.368. The Labute approximate surface area is 270 Å². The van der Waals surface area contributed by atoms with Crippen LogP contribution in [0.4, 0.5) is 10.3 Å². The molecule has 2 N–H and O–H groups in total. The number of nitrogens with zero attached hydrogens (tertiary/aromatic N) is 3. The summed E-state index contributed by atoms with van der Waals surface area (Å²) in [7, 11) is 0. The minimum atomic E-state index is -0.224. The first-order valence-electron chi connectivity index (χ1n) is 16.0. The lowest BCUT2D eigenvalue weighted by atomic mass is 9.97. The summed E-state index contributed by atoms with van der Waals surface area (Å²) in [4.78, 5) is 14.7. The second-order valence-electron chi connectivity index (χ2n) is 10.6. The number of fused-ring (bicyclic) bond motifs is 2. The van der Waals surface area contributed by atoms with Gasteiger partial charge in [0.05, 0.1) is 12.1 Å². The van der Waals surface area contributed by atoms with Crippen LogP contribution in [-0.2, 0) is 13.0 Å². The zero-order chi connectivity index (χ0) is 33.4. The van der Waals surface area contributed by atoms with Gasteiger partial charge >= 0.3 is 0 Å². The predicted octanol–water partition coefficient (Wildman–Crippen LogP) is 10.1. The molecule has 3 heterocycles. The number of hydrogen-bond donors (Lipinski definition) is 2. The Morgan fingerprint density at radius 2 is 1.73 bits per heavy atom. The van der Waals surface area contributed by atoms with Gasteiger partial charge in [-0.25, -0.2) is 9.37 Å². The summed E-state index contributed by atoms with van der Waals surface area (Å²) in [6, 6.07) is 15.1. The Morgan fingerprint density at radius 1 is 1.07 bits per heavy atom. The third-order valence-corrected chi connectivity index (χ3v) is 6.78. The van der Waals surface area contributed by atoms with Gasteiger partial charge in [0.25, 0.3) is 0 Å². The van der Waals surface area contributed by atoms with Gasteiger partial charge in [-0.3, -0.25) is 0 Å². The third-order valence-electron chi connectivity index (χ3n) is 6.78. The molecule has 2 aromatic carbocycles. The molecule has 0 saturated carbocycles. The molecule has 0 spiro atoms. The molecule has 1 aliphatic heterocycles. The first-order valence-corrected chi connectivity index (χ1v) is 16.0. The molecule has 6 nitrogen and oxygen atoms in total. The maximum atomic E-state index is 13.4. The lowest BCUT2D eigenvalue weighted by Gasteiger charge is -2.26. The van der Waals surface area contributed by atoms with Gasteiger partial charge in [0.2, 0.25) is 5.95 Å². The molecule has 0 amide bonds. The highest BCUT2D eigenvalue weighted by molar-refractivity contribution is 5.80. The van der Waals surface area contributed by atoms with Crippen molar-refractivity contribution < 1.29 is 9.13 Å². The summed E-state index contributed by atoms with van der Waals surface area (Å²) in [5, 5.41) is 3.20. The van der Waals surface area contributed by atoms with Crippen LogP contribution in [0, 0.1) is 5.82 Å². The number of nitrogens with one attached hydrogen (secondary N) is 2. The molecule has 0 aliphatic carbocycles. The molecule has 0 saturated heterocycles. The number of allylic oxidation sites excluding steroid dienone is 4. The number of rotatable bonds is 7. The molecule has 0 radical (unpaired) electrons. The second kappa shape index (κ2) is 19.1. The van der Waals surface area contributed by atoms with Crippen LogP contribution in [-0.4, -0.2) is 39.5 Å². The van der Waals surface area contributed by atoms with Crippen LogP contribution in [0.5, 0.6) is 5.75 Å². The third kappa shape index (κ3) is 10.6. The van der Waals surface area contributed by atoms with E-state index in [1.165, 1.54) is 18.6 Å². The smallest absolute Gasteiger partial charge is 0.202 e. The number of benzene rings is 2. The van der Waals surface area contributed by atoms with Crippen LogP contribution >= 0.6 is 0 Å². The number of pyridine rings is 1. The molecule has 242 valence electrons. The summed E-state index contributed by atoms with van der Waals surface area (Å²) in [6.45, 7) is 26.8. The average Bonchev–Trinajstić information content (AvgIpc) is 3.31. The van der Waals surface area contributed by atoms with E-state index in [-0.39, 0.29) is 5.82 Å². The Kier molecular flexibility index (Phi) is 15.6. The van der Waals surface area contributed by atoms with E-state index in [1.807, 2.05) is 59.0 Å². The SMILES string of the molecule is C=C(C)/C(Cc1ccc(F)cc1)=C(\C)N1CCOc2ccc(-c3cnc4nc(NCC)[nH]c4c3)cc2C1.C=CC.CC.CCC. The van der Waals surface area contributed by atoms with E-state index in [0.29, 0.717) is 18.7 Å². The van der Waals surface area contributed by atoms with E-state index in [2.05, 4.69) is 77.3 Å². The Morgan fingerprint density at radius 3 is 2.36 bits per heavy atom. The number of anilines is 1. The summed E-state index contributed by atoms with van der Waals surface area (Å²) >= 11 is 0. The van der Waals surface area contributed by atoms with Crippen molar-refractivity contribution in [1.82, 2.24) is 19.9 Å². The molecule has 0 atom stereocenters. The first-order chi connectivity index (χ1) is 21.7. The minimum Gasteiger partial charge on any atom is -0.491 e. The minimum absolute atomic E-state index is 0.224. The lowest BCUT2D eigenvalue weighted by molar-refractivity contribution is 0.262. The van der Waals surface area contributed by atoms with Crippen LogP contribution in [0.2, 0.25) is 0 Å². The van der Waals surface area contributed by atoms with Crippen molar-refractivity contribution in [3.05, 3.63) is 108 Å². The molecule has 0 fully saturated rings. The molecule has 1 aliphatic rings. The van der Waals surface area contributed by atoms with Crippen molar-refractivity contribution in [2.24, 2.45) is 0 Å². The van der Waals surface area contributed by atoms with Crippen molar-refractivity contribution in [3.63, 3.8) is 0 Å². The van der Waals surface area contributed by atoms with Crippen LogP contribution in [0.25, 0.3) is 22.3 Å². The number of halogens is 1. The van der Waals surface area contributed by atoms with Gasteiger partial charge in [-0.2, -0.15) is 4.98 Å². The highest BCUT2D eigenvalue weighted by Gasteiger charge is 2.19. The molecule has 45 heavy (non-hydrogen) atoms. The van der Waals surface area contributed by atoms with E-state index in [1.54, 1.807) is 6.08 Å². The fourth-order valence-electron chi connectivity index (χ4n) is 4.75. The number of imidazole rings is 1. The van der Waals surface area contributed by atoms with Gasteiger partial charge in [0.15, 0.2) is 5.65 Å². The zero-order valence-electron chi connectivity index (χ0n) is 28.6. The highest BCUT2D eigenvalue weighted by atomic mass is 19.1. The molecule has 0 unspecified atom stereocenters. The Hall–Kier alpha value is -4.39. The van der Waals surface area contributed by atoms with Crippen LogP contribution < -0.4 is 10.1 Å². The van der Waals surface area contributed by atoms with Crippen molar-refractivity contribution in [3.8, 4) is 16.9 Å². The van der Waals surface area contributed by atoms with Gasteiger partial charge in [0, 0.05) is 36.1 Å². The highest BCUT2D eigenvalue weighted by Crippen LogP contribution is 2.32. The molecule has 2 aromatic heterocycles. The second-order valence-corrected chi connectivity index (χ2v) is 10.6. The zero-order valence-corrected chi connectivity index (χ0v) is 28.6. The van der Waals surface area contributed by atoms with Crippen molar-refractivity contribution >= 4 is 17.1 Å². The molecular formula is C38H52FN5O. The number of aromatic nitrogens is 3. The summed E-state index contributed by atoms with van der Waals surface area (Å²) in [5.41, 5.74) is 9.20. The van der Waals surface area contributed by atoms with E-state index in [0.717, 1.165) is 75.9 Å². The topological polar surface area (TPSA) is 66.1 Å². The summed E-state index contributed by atoms with van der Waals surface area (Å²) in [5.74, 6) is 1.40. The molecule has 4 aromatic rings. The molecule has 7 heteroatoms. The van der Waals surface area contributed by atoms with Gasteiger partial charge in [-0.15, -0.1) is 6.58 Å². The molecule has 0 bridgehead atoms. The maximum Gasteiger partial charge on any atom is 0.202 e. The van der Waals surface area contributed by atoms with Gasteiger partial charge in [-0.05, 0) is 81.1 Å². The quantitative estimate of drug-likeness (QED) is 0.160. The van der Waals surface area contributed by atoms with Gasteiger partial charge < -0.3 is 19.9 Å². The largest absolute Gasteiger partial charge is 0.491 e. The van der Waals surface area contributed by atoms with Crippen molar-refractivity contribution in [2.45, 2.75) is 74.8 Å². The number of H-pyrrole nitrogens is 1. The summed E-state index contributed by atoms with van der Waals surface area (Å²) < 4.78 is 19.5. The first kappa shape index (κ1) is 36.8. The number of ether oxygens (including phenoxy) is 1. The normalized spacial score (nSPS) is 12.3. The van der Waals surface area contributed by atoms with Crippen molar-refractivity contribution in [1.29, 1.82) is 0 Å².